The van der Waals surface area contributed by atoms with Gasteiger partial charge in [-0.1, -0.05) is 30.3 Å². The number of carbonyl (C=O) groups is 2. The molecule has 114 valence electrons. The van der Waals surface area contributed by atoms with Crippen molar-refractivity contribution < 1.29 is 19.4 Å². The molecule has 1 aromatic carbocycles. The second-order valence-electron chi connectivity index (χ2n) is 5.63. The third kappa shape index (κ3) is 3.80. The lowest BCUT2D eigenvalue weighted by Crippen LogP contribution is -2.42. The topological polar surface area (TPSA) is 78.9 Å². The number of benzene rings is 1. The SMILES string of the molecule is CC1(C)NC(=O)N(CC(O)COCc2ccccc2)C1=O. The largest absolute Gasteiger partial charge is 0.389 e. The van der Waals surface area contributed by atoms with Crippen molar-refractivity contribution in [2.24, 2.45) is 0 Å². The van der Waals surface area contributed by atoms with Gasteiger partial charge >= 0.3 is 6.03 Å². The first-order valence-electron chi connectivity index (χ1n) is 6.84. The van der Waals surface area contributed by atoms with E-state index in [0.29, 0.717) is 6.61 Å². The summed E-state index contributed by atoms with van der Waals surface area (Å²) < 4.78 is 5.39. The molecule has 0 aromatic heterocycles. The molecule has 6 nitrogen and oxygen atoms in total. The van der Waals surface area contributed by atoms with Gasteiger partial charge < -0.3 is 15.2 Å². The quantitative estimate of drug-likeness (QED) is 0.763. The van der Waals surface area contributed by atoms with Crippen LogP contribution in [0.25, 0.3) is 0 Å². The molecule has 1 aromatic rings. The van der Waals surface area contributed by atoms with Crippen LogP contribution in [-0.2, 0) is 16.1 Å². The van der Waals surface area contributed by atoms with Crippen molar-refractivity contribution in [2.75, 3.05) is 13.2 Å². The van der Waals surface area contributed by atoms with Crippen LogP contribution in [0.15, 0.2) is 30.3 Å². The molecule has 1 aliphatic rings. The monoisotopic (exact) mass is 292 g/mol. The van der Waals surface area contributed by atoms with Gasteiger partial charge in [0.25, 0.3) is 5.91 Å². The molecule has 21 heavy (non-hydrogen) atoms. The number of amides is 3. The number of β-amino-alcohol motifs (C(OH)–C–C–N with tert-alkyl or cyclic N) is 1. The van der Waals surface area contributed by atoms with E-state index in [1.165, 1.54) is 0 Å². The molecule has 0 saturated carbocycles. The highest BCUT2D eigenvalue weighted by molar-refractivity contribution is 6.06. The second-order valence-corrected chi connectivity index (χ2v) is 5.63. The first-order chi connectivity index (χ1) is 9.90. The number of nitrogens with zero attached hydrogens (tertiary/aromatic N) is 1. The van der Waals surface area contributed by atoms with Gasteiger partial charge in [-0.3, -0.25) is 9.69 Å². The molecule has 0 spiro atoms. The molecule has 0 bridgehead atoms. The summed E-state index contributed by atoms with van der Waals surface area (Å²) in [5, 5.41) is 12.5. The first kappa shape index (κ1) is 15.5. The minimum absolute atomic E-state index is 0.0619. The summed E-state index contributed by atoms with van der Waals surface area (Å²) in [5.74, 6) is -0.338. The van der Waals surface area contributed by atoms with Crippen molar-refractivity contribution in [1.29, 1.82) is 0 Å². The minimum Gasteiger partial charge on any atom is -0.389 e. The van der Waals surface area contributed by atoms with E-state index < -0.39 is 17.7 Å². The number of ether oxygens (including phenoxy) is 1. The number of urea groups is 1. The molecule has 0 aliphatic carbocycles. The summed E-state index contributed by atoms with van der Waals surface area (Å²) in [4.78, 5) is 24.7. The van der Waals surface area contributed by atoms with Crippen LogP contribution in [0.2, 0.25) is 0 Å². The molecule has 6 heteroatoms. The van der Waals surface area contributed by atoms with E-state index in [4.69, 9.17) is 4.74 Å². The Balaban J connectivity index is 1.78. The van der Waals surface area contributed by atoms with Crippen LogP contribution in [0, 0.1) is 0 Å². The van der Waals surface area contributed by atoms with Gasteiger partial charge in [0.2, 0.25) is 0 Å². The average molecular weight is 292 g/mol. The molecular weight excluding hydrogens is 272 g/mol. The van der Waals surface area contributed by atoms with Crippen LogP contribution < -0.4 is 5.32 Å². The smallest absolute Gasteiger partial charge is 0.325 e. The molecule has 3 amide bonds. The highest BCUT2D eigenvalue weighted by atomic mass is 16.5. The molecule has 1 unspecified atom stereocenters. The number of hydrogen-bond donors (Lipinski definition) is 2. The van der Waals surface area contributed by atoms with Crippen LogP contribution in [0.3, 0.4) is 0 Å². The number of rotatable bonds is 6. The van der Waals surface area contributed by atoms with Gasteiger partial charge in [-0.05, 0) is 19.4 Å². The Morgan fingerprint density at radius 1 is 1.29 bits per heavy atom. The average Bonchev–Trinajstić information content (AvgIpc) is 2.62. The Bertz CT molecular complexity index is 516. The van der Waals surface area contributed by atoms with E-state index in [9.17, 15) is 14.7 Å². The molecule has 1 saturated heterocycles. The number of hydrogen-bond acceptors (Lipinski definition) is 4. The van der Waals surface area contributed by atoms with Crippen molar-refractivity contribution in [1.82, 2.24) is 10.2 Å². The third-order valence-corrected chi connectivity index (χ3v) is 3.26. The number of imide groups is 1. The van der Waals surface area contributed by atoms with E-state index in [2.05, 4.69) is 5.32 Å². The van der Waals surface area contributed by atoms with E-state index in [1.54, 1.807) is 13.8 Å². The zero-order valence-electron chi connectivity index (χ0n) is 12.2. The van der Waals surface area contributed by atoms with Gasteiger partial charge in [0, 0.05) is 0 Å². The lowest BCUT2D eigenvalue weighted by atomic mass is 10.1. The summed E-state index contributed by atoms with van der Waals surface area (Å²) in [7, 11) is 0. The summed E-state index contributed by atoms with van der Waals surface area (Å²) in [6.07, 6.45) is -0.905. The number of carbonyl (C=O) groups excluding carboxylic acids is 2. The van der Waals surface area contributed by atoms with Crippen molar-refractivity contribution in [2.45, 2.75) is 32.1 Å². The second kappa shape index (κ2) is 6.24. The van der Waals surface area contributed by atoms with E-state index in [1.807, 2.05) is 30.3 Å². The van der Waals surface area contributed by atoms with Gasteiger partial charge in [-0.2, -0.15) is 0 Å². The van der Waals surface area contributed by atoms with Crippen LogP contribution in [0.1, 0.15) is 19.4 Å². The van der Waals surface area contributed by atoms with Gasteiger partial charge in [0.15, 0.2) is 0 Å². The minimum atomic E-state index is -0.915. The predicted molar refractivity (Wildman–Crippen MR) is 76.4 cm³/mol. The van der Waals surface area contributed by atoms with E-state index in [0.717, 1.165) is 10.5 Å². The molecule has 1 fully saturated rings. The van der Waals surface area contributed by atoms with Crippen LogP contribution >= 0.6 is 0 Å². The third-order valence-electron chi connectivity index (χ3n) is 3.26. The van der Waals surface area contributed by atoms with Crippen molar-refractivity contribution >= 4 is 11.9 Å². The molecule has 1 heterocycles. The fraction of sp³-hybridized carbons (Fsp3) is 0.467. The lowest BCUT2D eigenvalue weighted by Gasteiger charge is -2.19. The van der Waals surface area contributed by atoms with Crippen molar-refractivity contribution in [3.63, 3.8) is 0 Å². The summed E-state index contributed by atoms with van der Waals surface area (Å²) in [5.41, 5.74) is 0.0858. The Hall–Kier alpha value is -1.92. The highest BCUT2D eigenvalue weighted by Crippen LogP contribution is 2.16. The zero-order valence-corrected chi connectivity index (χ0v) is 12.2. The van der Waals surface area contributed by atoms with Gasteiger partial charge in [0.05, 0.1) is 25.9 Å². The summed E-state index contributed by atoms with van der Waals surface area (Å²) in [6.45, 7) is 3.63. The maximum atomic E-state index is 12.0. The first-order valence-corrected chi connectivity index (χ1v) is 6.84. The normalized spacial score (nSPS) is 18.7. The van der Waals surface area contributed by atoms with Gasteiger partial charge in [-0.15, -0.1) is 0 Å². The Labute approximate surface area is 123 Å². The number of aliphatic hydroxyl groups excluding tert-OH is 1. The number of nitrogens with one attached hydrogen (secondary N) is 1. The fourth-order valence-electron chi connectivity index (χ4n) is 2.13. The Morgan fingerprint density at radius 3 is 2.52 bits per heavy atom. The molecule has 2 rings (SSSR count). The molecule has 2 N–H and O–H groups in total. The van der Waals surface area contributed by atoms with Crippen LogP contribution in [0.4, 0.5) is 4.79 Å². The molecule has 0 radical (unpaired) electrons. The van der Waals surface area contributed by atoms with Crippen molar-refractivity contribution in [3.05, 3.63) is 35.9 Å². The highest BCUT2D eigenvalue weighted by Gasteiger charge is 2.44. The molecular formula is C15H20N2O4. The van der Waals surface area contributed by atoms with Crippen molar-refractivity contribution in [3.8, 4) is 0 Å². The molecule has 1 aliphatic heterocycles. The maximum Gasteiger partial charge on any atom is 0.325 e. The Morgan fingerprint density at radius 2 is 1.95 bits per heavy atom. The Kier molecular flexibility index (Phi) is 4.59. The predicted octanol–water partition coefficient (Wildman–Crippen LogP) is 0.894. The summed E-state index contributed by atoms with van der Waals surface area (Å²) >= 11 is 0. The maximum absolute atomic E-state index is 12.0. The van der Waals surface area contributed by atoms with Gasteiger partial charge in [-0.25, -0.2) is 4.79 Å². The van der Waals surface area contributed by atoms with Gasteiger partial charge in [0.1, 0.15) is 5.54 Å². The lowest BCUT2D eigenvalue weighted by molar-refractivity contribution is -0.131. The fourth-order valence-corrected chi connectivity index (χ4v) is 2.13. The molecule has 1 atom stereocenters. The van der Waals surface area contributed by atoms with Crippen LogP contribution in [0.5, 0.6) is 0 Å². The van der Waals surface area contributed by atoms with Crippen LogP contribution in [-0.4, -0.2) is 46.7 Å². The summed E-state index contributed by atoms with van der Waals surface area (Å²) in [6, 6.07) is 9.10. The standard InChI is InChI=1S/C15H20N2O4/c1-15(2)13(19)17(14(20)16-15)8-12(18)10-21-9-11-6-4-3-5-7-11/h3-7,12,18H,8-10H2,1-2H3,(H,16,20). The zero-order chi connectivity index (χ0) is 15.5. The number of aliphatic hydroxyl groups is 1. The van der Waals surface area contributed by atoms with E-state index in [-0.39, 0.29) is 19.1 Å². The van der Waals surface area contributed by atoms with E-state index >= 15 is 0 Å².